The van der Waals surface area contributed by atoms with Crippen molar-refractivity contribution < 1.29 is 9.90 Å². The van der Waals surface area contributed by atoms with Gasteiger partial charge in [-0.3, -0.25) is 4.79 Å². The first-order chi connectivity index (χ1) is 8.50. The molecular weight excluding hydrogens is 228 g/mol. The van der Waals surface area contributed by atoms with E-state index < -0.39 is 0 Å². The van der Waals surface area contributed by atoms with E-state index in [0.717, 1.165) is 38.6 Å². The van der Waals surface area contributed by atoms with Gasteiger partial charge in [0, 0.05) is 25.0 Å². The summed E-state index contributed by atoms with van der Waals surface area (Å²) in [4.78, 5) is 14.1. The Balaban J connectivity index is 1.87. The third-order valence-electron chi connectivity index (χ3n) is 4.62. The van der Waals surface area contributed by atoms with Crippen molar-refractivity contribution in [1.82, 2.24) is 4.90 Å². The Morgan fingerprint density at radius 2 is 2.06 bits per heavy atom. The number of rotatable bonds is 2. The Morgan fingerprint density at radius 3 is 2.67 bits per heavy atom. The molecule has 2 unspecified atom stereocenters. The Hall–Kier alpha value is -0.610. The zero-order valence-corrected chi connectivity index (χ0v) is 11.4. The number of carbonyl (C=O) groups excluding carboxylic acids is 1. The molecule has 0 aromatic carbocycles. The van der Waals surface area contributed by atoms with Crippen LogP contribution in [0.2, 0.25) is 0 Å². The second-order valence-corrected chi connectivity index (χ2v) is 6.27. The Kier molecular flexibility index (Phi) is 4.28. The predicted octanol–water partition coefficient (Wildman–Crippen LogP) is 1.27. The van der Waals surface area contributed by atoms with Gasteiger partial charge in [-0.15, -0.1) is 0 Å². The van der Waals surface area contributed by atoms with Gasteiger partial charge >= 0.3 is 0 Å². The van der Waals surface area contributed by atoms with Gasteiger partial charge in [0.25, 0.3) is 0 Å². The van der Waals surface area contributed by atoms with Gasteiger partial charge in [-0.1, -0.05) is 26.2 Å². The summed E-state index contributed by atoms with van der Waals surface area (Å²) in [6, 6.07) is 0. The maximum Gasteiger partial charge on any atom is 0.224 e. The van der Waals surface area contributed by atoms with E-state index in [0.29, 0.717) is 18.9 Å². The van der Waals surface area contributed by atoms with Gasteiger partial charge in [-0.2, -0.15) is 0 Å². The lowest BCUT2D eigenvalue weighted by atomic mass is 9.79. The molecule has 2 rings (SSSR count). The lowest BCUT2D eigenvalue weighted by molar-refractivity contribution is -0.137. The van der Waals surface area contributed by atoms with E-state index in [1.54, 1.807) is 4.90 Å². The van der Waals surface area contributed by atoms with E-state index >= 15 is 0 Å². The molecule has 1 saturated carbocycles. The number of aliphatic hydroxyl groups is 1. The molecule has 2 fully saturated rings. The molecule has 18 heavy (non-hydrogen) atoms. The van der Waals surface area contributed by atoms with Crippen LogP contribution in [-0.4, -0.2) is 40.6 Å². The number of nitrogens with two attached hydrogens (primary N) is 1. The van der Waals surface area contributed by atoms with Crippen LogP contribution >= 0.6 is 0 Å². The number of β-amino-alcohol motifs (C(OH)–C–C–N with tert-alkyl or cyclic N) is 1. The van der Waals surface area contributed by atoms with Gasteiger partial charge < -0.3 is 15.7 Å². The van der Waals surface area contributed by atoms with Gasteiger partial charge in [0.05, 0.1) is 6.10 Å². The molecule has 0 aromatic rings. The summed E-state index contributed by atoms with van der Waals surface area (Å²) in [5, 5.41) is 9.84. The van der Waals surface area contributed by atoms with Crippen molar-refractivity contribution in [3.05, 3.63) is 0 Å². The molecule has 2 atom stereocenters. The van der Waals surface area contributed by atoms with Crippen LogP contribution in [0.1, 0.15) is 51.9 Å². The zero-order chi connectivity index (χ0) is 13.2. The van der Waals surface area contributed by atoms with Crippen molar-refractivity contribution >= 4 is 5.91 Å². The van der Waals surface area contributed by atoms with Gasteiger partial charge in [0.2, 0.25) is 5.91 Å². The summed E-state index contributed by atoms with van der Waals surface area (Å²) in [6.07, 6.45) is 6.43. The van der Waals surface area contributed by atoms with Crippen molar-refractivity contribution in [3.8, 4) is 0 Å². The van der Waals surface area contributed by atoms with Crippen LogP contribution in [0.15, 0.2) is 0 Å². The smallest absolute Gasteiger partial charge is 0.224 e. The van der Waals surface area contributed by atoms with Crippen LogP contribution in [-0.2, 0) is 4.79 Å². The summed E-state index contributed by atoms with van der Waals surface area (Å²) in [5.41, 5.74) is 6.03. The minimum atomic E-state index is -0.372. The topological polar surface area (TPSA) is 66.6 Å². The molecule has 0 spiro atoms. The summed E-state index contributed by atoms with van der Waals surface area (Å²) in [5.74, 6) is 0.431. The number of aliphatic hydroxyl groups excluding tert-OH is 1. The standard InChI is InChI=1S/C14H26N2O2/c1-11-5-8-16(10-12(11)17)13(18)9-14(15)6-3-2-4-7-14/h11-12,17H,2-10,15H2,1H3. The number of piperidine rings is 1. The SMILES string of the molecule is CC1CCN(C(=O)CC2(N)CCCCC2)CC1O. The third kappa shape index (κ3) is 3.23. The van der Waals surface area contributed by atoms with E-state index in [-0.39, 0.29) is 17.6 Å². The van der Waals surface area contributed by atoms with Gasteiger partial charge in [0.15, 0.2) is 0 Å². The average molecular weight is 254 g/mol. The molecule has 104 valence electrons. The fourth-order valence-corrected chi connectivity index (χ4v) is 3.12. The molecule has 2 aliphatic rings. The summed E-state index contributed by atoms with van der Waals surface area (Å²) in [7, 11) is 0. The summed E-state index contributed by atoms with van der Waals surface area (Å²) < 4.78 is 0. The van der Waals surface area contributed by atoms with Crippen LogP contribution in [0.4, 0.5) is 0 Å². The minimum Gasteiger partial charge on any atom is -0.391 e. The zero-order valence-electron chi connectivity index (χ0n) is 11.4. The normalized spacial score (nSPS) is 32.3. The third-order valence-corrected chi connectivity index (χ3v) is 4.62. The highest BCUT2D eigenvalue weighted by Gasteiger charge is 2.34. The first-order valence-corrected chi connectivity index (χ1v) is 7.25. The van der Waals surface area contributed by atoms with Gasteiger partial charge in [0.1, 0.15) is 0 Å². The number of hydrogen-bond donors (Lipinski definition) is 2. The fourth-order valence-electron chi connectivity index (χ4n) is 3.12. The predicted molar refractivity (Wildman–Crippen MR) is 71.0 cm³/mol. The quantitative estimate of drug-likeness (QED) is 0.780. The number of carbonyl (C=O) groups is 1. The number of amides is 1. The van der Waals surface area contributed by atoms with E-state index in [2.05, 4.69) is 0 Å². The number of likely N-dealkylation sites (tertiary alicyclic amines) is 1. The van der Waals surface area contributed by atoms with Crippen molar-refractivity contribution in [2.75, 3.05) is 13.1 Å². The van der Waals surface area contributed by atoms with Crippen molar-refractivity contribution in [2.24, 2.45) is 11.7 Å². The molecule has 1 heterocycles. The number of nitrogens with zero attached hydrogens (tertiary/aromatic N) is 1. The fraction of sp³-hybridized carbons (Fsp3) is 0.929. The molecule has 0 bridgehead atoms. The van der Waals surface area contributed by atoms with Gasteiger partial charge in [-0.05, 0) is 25.2 Å². The molecule has 0 radical (unpaired) electrons. The largest absolute Gasteiger partial charge is 0.391 e. The highest BCUT2D eigenvalue weighted by Crippen LogP contribution is 2.29. The Labute approximate surface area is 110 Å². The van der Waals surface area contributed by atoms with Crippen molar-refractivity contribution in [3.63, 3.8) is 0 Å². The Morgan fingerprint density at radius 1 is 1.39 bits per heavy atom. The van der Waals surface area contributed by atoms with Crippen LogP contribution in [0.3, 0.4) is 0 Å². The maximum atomic E-state index is 12.3. The molecule has 1 saturated heterocycles. The highest BCUT2D eigenvalue weighted by atomic mass is 16.3. The van der Waals surface area contributed by atoms with E-state index in [9.17, 15) is 9.90 Å². The first kappa shape index (κ1) is 13.8. The van der Waals surface area contributed by atoms with Crippen molar-refractivity contribution in [1.29, 1.82) is 0 Å². The molecule has 0 aromatic heterocycles. The molecule has 1 aliphatic heterocycles. The lowest BCUT2D eigenvalue weighted by Gasteiger charge is -2.38. The monoisotopic (exact) mass is 254 g/mol. The summed E-state index contributed by atoms with van der Waals surface area (Å²) in [6.45, 7) is 3.29. The number of hydrogen-bond acceptors (Lipinski definition) is 3. The molecule has 3 N–H and O–H groups in total. The molecule has 1 amide bonds. The molecule has 4 nitrogen and oxygen atoms in total. The highest BCUT2D eigenvalue weighted by molar-refractivity contribution is 5.77. The molecular formula is C14H26N2O2. The maximum absolute atomic E-state index is 12.3. The van der Waals surface area contributed by atoms with Gasteiger partial charge in [-0.25, -0.2) is 0 Å². The minimum absolute atomic E-state index is 0.130. The lowest BCUT2D eigenvalue weighted by Crippen LogP contribution is -2.51. The molecule has 4 heteroatoms. The Bertz CT molecular complexity index is 300. The molecule has 1 aliphatic carbocycles. The van der Waals surface area contributed by atoms with E-state index in [4.69, 9.17) is 5.73 Å². The van der Waals surface area contributed by atoms with Crippen LogP contribution < -0.4 is 5.73 Å². The first-order valence-electron chi connectivity index (χ1n) is 7.25. The average Bonchev–Trinajstić information content (AvgIpc) is 2.33. The van der Waals surface area contributed by atoms with Crippen LogP contribution in [0, 0.1) is 5.92 Å². The second kappa shape index (κ2) is 5.57. The van der Waals surface area contributed by atoms with Crippen LogP contribution in [0.25, 0.3) is 0 Å². The van der Waals surface area contributed by atoms with E-state index in [1.807, 2.05) is 6.92 Å². The van der Waals surface area contributed by atoms with Crippen molar-refractivity contribution in [2.45, 2.75) is 63.5 Å². The summed E-state index contributed by atoms with van der Waals surface area (Å²) >= 11 is 0. The van der Waals surface area contributed by atoms with E-state index in [1.165, 1.54) is 6.42 Å². The second-order valence-electron chi connectivity index (χ2n) is 6.27. The van der Waals surface area contributed by atoms with Crippen LogP contribution in [0.5, 0.6) is 0 Å².